The maximum Gasteiger partial charge on any atom is 0.320 e. The van der Waals surface area contributed by atoms with Crippen molar-refractivity contribution in [1.82, 2.24) is 4.90 Å². The molecule has 1 N–H and O–H groups in total. The smallest absolute Gasteiger partial charge is 0.320 e. The first-order valence-electron chi connectivity index (χ1n) is 8.92. The van der Waals surface area contributed by atoms with Gasteiger partial charge in [-0.25, -0.2) is 0 Å². The Kier molecular flexibility index (Phi) is 5.91. The molecule has 1 heterocycles. The van der Waals surface area contributed by atoms with Gasteiger partial charge >= 0.3 is 5.97 Å². The van der Waals surface area contributed by atoms with Crippen LogP contribution in [-0.4, -0.2) is 28.6 Å². The zero-order valence-corrected chi connectivity index (χ0v) is 16.5. The van der Waals surface area contributed by atoms with Gasteiger partial charge in [0, 0.05) is 6.54 Å². The lowest BCUT2D eigenvalue weighted by Crippen LogP contribution is -2.39. The molecule has 2 aromatic rings. The van der Waals surface area contributed by atoms with Gasteiger partial charge in [0.05, 0.1) is 16.1 Å². The van der Waals surface area contributed by atoms with Crippen LogP contribution in [-0.2, 0) is 4.79 Å². The summed E-state index contributed by atoms with van der Waals surface area (Å²) in [6.07, 6.45) is 1.50. The number of likely N-dealkylation sites (tertiary alicyclic amines) is 1. The molecule has 1 aliphatic rings. The van der Waals surface area contributed by atoms with E-state index in [1.165, 1.54) is 5.56 Å². The molecule has 0 radical (unpaired) electrons. The summed E-state index contributed by atoms with van der Waals surface area (Å²) in [6, 6.07) is 13.2. The molecule has 5 heteroatoms. The molecule has 3 rings (SSSR count). The summed E-state index contributed by atoms with van der Waals surface area (Å²) in [7, 11) is 0. The van der Waals surface area contributed by atoms with Crippen molar-refractivity contribution in [2.24, 2.45) is 0 Å². The Morgan fingerprint density at radius 1 is 1.12 bits per heavy atom. The third-order valence-electron chi connectivity index (χ3n) is 5.11. The van der Waals surface area contributed by atoms with E-state index in [2.05, 4.69) is 38.1 Å². The Labute approximate surface area is 164 Å². The maximum atomic E-state index is 11.8. The van der Waals surface area contributed by atoms with Gasteiger partial charge in [-0.1, -0.05) is 73.4 Å². The van der Waals surface area contributed by atoms with E-state index in [0.717, 1.165) is 24.1 Å². The predicted octanol–water partition coefficient (Wildman–Crippen LogP) is 5.76. The predicted molar refractivity (Wildman–Crippen MR) is 106 cm³/mol. The number of nitrogens with zero attached hydrogens (tertiary/aromatic N) is 1. The second-order valence-corrected chi connectivity index (χ2v) is 7.89. The minimum atomic E-state index is -0.788. The van der Waals surface area contributed by atoms with Crippen molar-refractivity contribution < 1.29 is 9.90 Å². The van der Waals surface area contributed by atoms with Crippen molar-refractivity contribution in [3.8, 4) is 0 Å². The molecule has 2 aromatic carbocycles. The SMILES string of the molecule is CC(C)c1ccc(C(c2cccc(Cl)c2Cl)N2CCCC2C(=O)O)cc1. The topological polar surface area (TPSA) is 40.5 Å². The van der Waals surface area contributed by atoms with Crippen LogP contribution < -0.4 is 0 Å². The van der Waals surface area contributed by atoms with Gasteiger partial charge in [0.1, 0.15) is 6.04 Å². The first kappa shape index (κ1) is 19.2. The molecule has 1 aliphatic heterocycles. The summed E-state index contributed by atoms with van der Waals surface area (Å²) >= 11 is 12.8. The van der Waals surface area contributed by atoms with Crippen LogP contribution in [0.5, 0.6) is 0 Å². The highest BCUT2D eigenvalue weighted by Crippen LogP contribution is 2.40. The molecule has 1 fully saturated rings. The highest BCUT2D eigenvalue weighted by molar-refractivity contribution is 6.42. The van der Waals surface area contributed by atoms with E-state index in [-0.39, 0.29) is 6.04 Å². The monoisotopic (exact) mass is 391 g/mol. The highest BCUT2D eigenvalue weighted by Gasteiger charge is 2.37. The zero-order chi connectivity index (χ0) is 18.8. The number of hydrogen-bond donors (Lipinski definition) is 1. The number of rotatable bonds is 5. The molecule has 0 saturated carbocycles. The fourth-order valence-corrected chi connectivity index (χ4v) is 4.12. The fourth-order valence-electron chi connectivity index (χ4n) is 3.71. The molecule has 3 nitrogen and oxygen atoms in total. The lowest BCUT2D eigenvalue weighted by atomic mass is 9.93. The summed E-state index contributed by atoms with van der Waals surface area (Å²) < 4.78 is 0. The van der Waals surface area contributed by atoms with Crippen molar-refractivity contribution >= 4 is 29.2 Å². The molecule has 2 atom stereocenters. The summed E-state index contributed by atoms with van der Waals surface area (Å²) in [5.74, 6) is -0.347. The van der Waals surface area contributed by atoms with E-state index in [1.54, 1.807) is 6.07 Å². The molecule has 0 amide bonds. The van der Waals surface area contributed by atoms with Gasteiger partial charge < -0.3 is 5.11 Å². The molecule has 26 heavy (non-hydrogen) atoms. The van der Waals surface area contributed by atoms with E-state index >= 15 is 0 Å². The van der Waals surface area contributed by atoms with E-state index < -0.39 is 12.0 Å². The van der Waals surface area contributed by atoms with Gasteiger partial charge in [-0.3, -0.25) is 9.69 Å². The Balaban J connectivity index is 2.10. The third-order valence-corrected chi connectivity index (χ3v) is 5.94. The molecule has 2 unspecified atom stereocenters. The van der Waals surface area contributed by atoms with Crippen molar-refractivity contribution in [2.45, 2.75) is 44.7 Å². The van der Waals surface area contributed by atoms with Gasteiger partial charge in [-0.2, -0.15) is 0 Å². The number of carbonyl (C=O) groups is 1. The van der Waals surface area contributed by atoms with Crippen LogP contribution >= 0.6 is 23.2 Å². The van der Waals surface area contributed by atoms with E-state index in [9.17, 15) is 9.90 Å². The molecular weight excluding hydrogens is 369 g/mol. The summed E-state index contributed by atoms with van der Waals surface area (Å²) in [5.41, 5.74) is 3.14. The van der Waals surface area contributed by atoms with Crippen LogP contribution in [0.3, 0.4) is 0 Å². The van der Waals surface area contributed by atoms with Crippen LogP contribution in [0.15, 0.2) is 42.5 Å². The lowest BCUT2D eigenvalue weighted by molar-refractivity contribution is -0.142. The van der Waals surface area contributed by atoms with Gasteiger partial charge in [-0.15, -0.1) is 0 Å². The highest BCUT2D eigenvalue weighted by atomic mass is 35.5. The number of carboxylic acids is 1. The van der Waals surface area contributed by atoms with Gasteiger partial charge in [0.25, 0.3) is 0 Å². The second-order valence-electron chi connectivity index (χ2n) is 7.10. The van der Waals surface area contributed by atoms with Crippen LogP contribution in [0.1, 0.15) is 55.3 Å². The number of halogens is 2. The quantitative estimate of drug-likeness (QED) is 0.704. The zero-order valence-electron chi connectivity index (χ0n) is 15.0. The standard InChI is InChI=1S/C21H23Cl2NO2/c1-13(2)14-8-10-15(11-9-14)20(16-5-3-6-17(22)19(16)23)24-12-4-7-18(24)21(25)26/h3,5-6,8-11,13,18,20H,4,7,12H2,1-2H3,(H,25,26). The Morgan fingerprint density at radius 3 is 2.38 bits per heavy atom. The largest absolute Gasteiger partial charge is 0.480 e. The average Bonchev–Trinajstić information content (AvgIpc) is 3.09. The third kappa shape index (κ3) is 3.75. The van der Waals surface area contributed by atoms with Gasteiger partial charge in [0.2, 0.25) is 0 Å². The van der Waals surface area contributed by atoms with Gasteiger partial charge in [-0.05, 0) is 41.5 Å². The van der Waals surface area contributed by atoms with Crippen molar-refractivity contribution in [3.63, 3.8) is 0 Å². The first-order chi connectivity index (χ1) is 12.4. The lowest BCUT2D eigenvalue weighted by Gasteiger charge is -2.33. The molecule has 0 aliphatic carbocycles. The first-order valence-corrected chi connectivity index (χ1v) is 9.68. The number of aliphatic carboxylic acids is 1. The van der Waals surface area contributed by atoms with E-state index in [1.807, 2.05) is 17.0 Å². The Hall–Kier alpha value is -1.55. The minimum absolute atomic E-state index is 0.231. The Bertz CT molecular complexity index is 789. The molecule has 0 spiro atoms. The maximum absolute atomic E-state index is 11.8. The number of carboxylic acid groups (broad SMARTS) is 1. The number of benzene rings is 2. The number of hydrogen-bond acceptors (Lipinski definition) is 2. The molecule has 138 valence electrons. The van der Waals surface area contributed by atoms with Gasteiger partial charge in [0.15, 0.2) is 0 Å². The molecular formula is C21H23Cl2NO2. The van der Waals surface area contributed by atoms with Crippen molar-refractivity contribution in [2.75, 3.05) is 6.54 Å². The molecule has 1 saturated heterocycles. The van der Waals surface area contributed by atoms with Crippen LogP contribution in [0, 0.1) is 0 Å². The molecule has 0 bridgehead atoms. The van der Waals surface area contributed by atoms with Crippen LogP contribution in [0.4, 0.5) is 0 Å². The minimum Gasteiger partial charge on any atom is -0.480 e. The van der Waals surface area contributed by atoms with Crippen LogP contribution in [0.2, 0.25) is 10.0 Å². The average molecular weight is 392 g/mol. The van der Waals surface area contributed by atoms with E-state index in [0.29, 0.717) is 22.4 Å². The summed E-state index contributed by atoms with van der Waals surface area (Å²) in [6.45, 7) is 5.03. The van der Waals surface area contributed by atoms with Crippen LogP contribution in [0.25, 0.3) is 0 Å². The second kappa shape index (κ2) is 7.99. The summed E-state index contributed by atoms with van der Waals surface area (Å²) in [5, 5.41) is 10.6. The normalized spacial score (nSPS) is 19.0. The summed E-state index contributed by atoms with van der Waals surface area (Å²) in [4.78, 5) is 13.8. The van der Waals surface area contributed by atoms with Crippen molar-refractivity contribution in [3.05, 3.63) is 69.2 Å². The molecule has 0 aromatic heterocycles. The fraction of sp³-hybridized carbons (Fsp3) is 0.381. The van der Waals surface area contributed by atoms with E-state index in [4.69, 9.17) is 23.2 Å². The Morgan fingerprint density at radius 2 is 1.77 bits per heavy atom. The van der Waals surface area contributed by atoms with Crippen molar-refractivity contribution in [1.29, 1.82) is 0 Å².